The SMILES string of the molecule is CC(C)CN(CC(=O)N1CCc2sccc2C1c1ccccc1)C(=O)Cc1ccc(F)cc1. The van der Waals surface area contributed by atoms with Gasteiger partial charge >= 0.3 is 0 Å². The van der Waals surface area contributed by atoms with Crippen LogP contribution in [-0.2, 0) is 22.4 Å². The van der Waals surface area contributed by atoms with Crippen LogP contribution in [0.15, 0.2) is 66.0 Å². The summed E-state index contributed by atoms with van der Waals surface area (Å²) in [5.41, 5.74) is 3.00. The fourth-order valence-electron chi connectivity index (χ4n) is 4.42. The van der Waals surface area contributed by atoms with Crippen LogP contribution in [0.2, 0.25) is 0 Å². The van der Waals surface area contributed by atoms with Crippen LogP contribution in [0.25, 0.3) is 0 Å². The fraction of sp³-hybridized carbons (Fsp3) is 0.333. The molecule has 0 fully saturated rings. The molecular weight excluding hydrogens is 435 g/mol. The van der Waals surface area contributed by atoms with Crippen LogP contribution in [0.1, 0.15) is 41.5 Å². The lowest BCUT2D eigenvalue weighted by atomic mass is 9.93. The highest BCUT2D eigenvalue weighted by atomic mass is 32.1. The van der Waals surface area contributed by atoms with E-state index in [2.05, 4.69) is 23.6 Å². The molecule has 1 aliphatic heterocycles. The van der Waals surface area contributed by atoms with Gasteiger partial charge in [-0.3, -0.25) is 9.59 Å². The maximum atomic E-state index is 13.6. The lowest BCUT2D eigenvalue weighted by Crippen LogP contribution is -2.47. The van der Waals surface area contributed by atoms with E-state index >= 15 is 0 Å². The monoisotopic (exact) mass is 464 g/mol. The third kappa shape index (κ3) is 5.50. The zero-order valence-corrected chi connectivity index (χ0v) is 19.9. The number of halogens is 1. The molecule has 0 bridgehead atoms. The number of benzene rings is 2. The summed E-state index contributed by atoms with van der Waals surface area (Å²) in [7, 11) is 0. The molecule has 1 aliphatic rings. The average Bonchev–Trinajstić information content (AvgIpc) is 3.28. The van der Waals surface area contributed by atoms with Gasteiger partial charge in [0.15, 0.2) is 0 Å². The second-order valence-corrected chi connectivity index (χ2v) is 9.92. The molecule has 0 N–H and O–H groups in total. The van der Waals surface area contributed by atoms with Crippen LogP contribution in [-0.4, -0.2) is 41.2 Å². The molecule has 1 aromatic heterocycles. The third-order valence-electron chi connectivity index (χ3n) is 5.93. The summed E-state index contributed by atoms with van der Waals surface area (Å²) >= 11 is 1.74. The van der Waals surface area contributed by atoms with E-state index in [1.54, 1.807) is 28.4 Å². The molecule has 1 unspecified atom stereocenters. The first-order valence-corrected chi connectivity index (χ1v) is 12.2. The Bertz CT molecular complexity index is 1090. The van der Waals surface area contributed by atoms with Gasteiger partial charge in [-0.1, -0.05) is 56.3 Å². The van der Waals surface area contributed by atoms with Crippen molar-refractivity contribution in [1.29, 1.82) is 0 Å². The van der Waals surface area contributed by atoms with E-state index in [0.29, 0.717) is 13.1 Å². The molecule has 4 nitrogen and oxygen atoms in total. The number of nitrogens with zero attached hydrogens (tertiary/aromatic N) is 2. The minimum atomic E-state index is -0.328. The maximum absolute atomic E-state index is 13.6. The van der Waals surface area contributed by atoms with Crippen LogP contribution in [0, 0.1) is 11.7 Å². The molecular formula is C27H29FN2O2S. The van der Waals surface area contributed by atoms with Gasteiger partial charge in [0.2, 0.25) is 11.8 Å². The quantitative estimate of drug-likeness (QED) is 0.489. The number of carbonyl (C=O) groups is 2. The lowest BCUT2D eigenvalue weighted by Gasteiger charge is -2.38. The molecule has 0 radical (unpaired) electrons. The van der Waals surface area contributed by atoms with Crippen molar-refractivity contribution in [3.63, 3.8) is 0 Å². The largest absolute Gasteiger partial charge is 0.333 e. The van der Waals surface area contributed by atoms with Crippen molar-refractivity contribution in [1.82, 2.24) is 9.80 Å². The van der Waals surface area contributed by atoms with Crippen LogP contribution in [0.3, 0.4) is 0 Å². The Hall–Kier alpha value is -2.99. The van der Waals surface area contributed by atoms with Gasteiger partial charge in [-0.25, -0.2) is 4.39 Å². The maximum Gasteiger partial charge on any atom is 0.242 e. The summed E-state index contributed by atoms with van der Waals surface area (Å²) in [5.74, 6) is -0.267. The van der Waals surface area contributed by atoms with E-state index in [0.717, 1.165) is 17.5 Å². The van der Waals surface area contributed by atoms with E-state index < -0.39 is 0 Å². The van der Waals surface area contributed by atoms with Gasteiger partial charge < -0.3 is 9.80 Å². The van der Waals surface area contributed by atoms with Crippen molar-refractivity contribution in [2.24, 2.45) is 5.92 Å². The summed E-state index contributed by atoms with van der Waals surface area (Å²) < 4.78 is 13.2. The number of rotatable bonds is 7. The summed E-state index contributed by atoms with van der Waals surface area (Å²) in [6.45, 7) is 5.25. The zero-order valence-electron chi connectivity index (χ0n) is 19.0. The zero-order chi connectivity index (χ0) is 23.4. The molecule has 2 amide bonds. The van der Waals surface area contributed by atoms with Gasteiger partial charge in [0.25, 0.3) is 0 Å². The number of amides is 2. The van der Waals surface area contributed by atoms with Gasteiger partial charge in [0.05, 0.1) is 19.0 Å². The van der Waals surface area contributed by atoms with Crippen molar-refractivity contribution >= 4 is 23.2 Å². The summed E-state index contributed by atoms with van der Waals surface area (Å²) in [5, 5.41) is 2.09. The van der Waals surface area contributed by atoms with Gasteiger partial charge in [-0.05, 0) is 52.6 Å². The van der Waals surface area contributed by atoms with E-state index in [9.17, 15) is 14.0 Å². The minimum Gasteiger partial charge on any atom is -0.333 e. The normalized spacial score (nSPS) is 15.4. The van der Waals surface area contributed by atoms with Crippen LogP contribution < -0.4 is 0 Å². The Kier molecular flexibility index (Phi) is 7.23. The highest BCUT2D eigenvalue weighted by molar-refractivity contribution is 7.10. The lowest BCUT2D eigenvalue weighted by molar-refractivity contribution is -0.141. The Morgan fingerprint density at radius 3 is 2.52 bits per heavy atom. The average molecular weight is 465 g/mol. The Balaban J connectivity index is 1.55. The first kappa shape index (κ1) is 23.2. The van der Waals surface area contributed by atoms with Gasteiger partial charge in [-0.2, -0.15) is 0 Å². The van der Waals surface area contributed by atoms with Gasteiger partial charge in [-0.15, -0.1) is 11.3 Å². The standard InChI is InChI=1S/C27H29FN2O2S/c1-19(2)17-29(25(31)16-20-8-10-22(28)11-9-20)18-26(32)30-14-12-24-23(13-15-33-24)27(30)21-6-4-3-5-7-21/h3-11,13,15,19,27H,12,14,16-18H2,1-2H3. The highest BCUT2D eigenvalue weighted by Gasteiger charge is 2.34. The second kappa shape index (κ2) is 10.3. The first-order valence-electron chi connectivity index (χ1n) is 11.3. The number of carbonyl (C=O) groups excluding carboxylic acids is 2. The molecule has 0 aliphatic carbocycles. The fourth-order valence-corrected chi connectivity index (χ4v) is 5.32. The molecule has 6 heteroatoms. The van der Waals surface area contributed by atoms with E-state index in [-0.39, 0.29) is 42.6 Å². The van der Waals surface area contributed by atoms with Crippen LogP contribution >= 0.6 is 11.3 Å². The molecule has 0 saturated heterocycles. The van der Waals surface area contributed by atoms with Crippen LogP contribution in [0.4, 0.5) is 4.39 Å². The molecule has 2 aromatic carbocycles. The predicted molar refractivity (Wildman–Crippen MR) is 130 cm³/mol. The summed E-state index contributed by atoms with van der Waals surface area (Å²) in [4.78, 5) is 31.6. The molecule has 1 atom stereocenters. The number of fused-ring (bicyclic) bond motifs is 1. The molecule has 0 saturated carbocycles. The molecule has 2 heterocycles. The molecule has 172 valence electrons. The van der Waals surface area contributed by atoms with Crippen molar-refractivity contribution in [2.45, 2.75) is 32.7 Å². The first-order chi connectivity index (χ1) is 15.9. The van der Waals surface area contributed by atoms with E-state index in [4.69, 9.17) is 0 Å². The van der Waals surface area contributed by atoms with Crippen molar-refractivity contribution in [3.8, 4) is 0 Å². The van der Waals surface area contributed by atoms with Crippen molar-refractivity contribution in [3.05, 3.63) is 93.4 Å². The molecule has 0 spiro atoms. The second-order valence-electron chi connectivity index (χ2n) is 8.92. The Morgan fingerprint density at radius 1 is 1.09 bits per heavy atom. The number of hydrogen-bond donors (Lipinski definition) is 0. The van der Waals surface area contributed by atoms with Gasteiger partial charge in [0.1, 0.15) is 5.82 Å². The number of thiophene rings is 1. The molecule has 4 rings (SSSR count). The molecule has 33 heavy (non-hydrogen) atoms. The Labute approximate surface area is 198 Å². The number of hydrogen-bond acceptors (Lipinski definition) is 3. The van der Waals surface area contributed by atoms with Gasteiger partial charge in [0, 0.05) is 18.0 Å². The minimum absolute atomic E-state index is 0.0427. The van der Waals surface area contributed by atoms with E-state index in [1.807, 2.05) is 36.9 Å². The highest BCUT2D eigenvalue weighted by Crippen LogP contribution is 2.37. The topological polar surface area (TPSA) is 40.6 Å². The van der Waals surface area contributed by atoms with Crippen molar-refractivity contribution < 1.29 is 14.0 Å². The molecule has 3 aromatic rings. The smallest absolute Gasteiger partial charge is 0.242 e. The third-order valence-corrected chi connectivity index (χ3v) is 6.93. The van der Waals surface area contributed by atoms with E-state index in [1.165, 1.54) is 22.6 Å². The predicted octanol–water partition coefficient (Wildman–Crippen LogP) is 5.09. The summed E-state index contributed by atoms with van der Waals surface area (Å²) in [6.07, 6.45) is 0.979. The Morgan fingerprint density at radius 2 is 1.82 bits per heavy atom. The van der Waals surface area contributed by atoms with Crippen LogP contribution in [0.5, 0.6) is 0 Å². The van der Waals surface area contributed by atoms with Crippen molar-refractivity contribution in [2.75, 3.05) is 19.6 Å². The summed E-state index contributed by atoms with van der Waals surface area (Å²) in [6, 6.07) is 18.0.